The molecule has 1 rings (SSSR count). The van der Waals surface area contributed by atoms with Crippen LogP contribution in [-0.2, 0) is 10.0 Å². The number of aliphatic hydroxyl groups is 1. The predicted octanol–water partition coefficient (Wildman–Crippen LogP) is 1.47. The van der Waals surface area contributed by atoms with E-state index >= 15 is 0 Å². The van der Waals surface area contributed by atoms with Crippen LogP contribution in [0.5, 0.6) is 0 Å². The Morgan fingerprint density at radius 3 is 2.40 bits per heavy atom. The molecule has 0 atom stereocenters. The van der Waals surface area contributed by atoms with Gasteiger partial charge in [-0.2, -0.15) is 17.5 Å². The van der Waals surface area contributed by atoms with Gasteiger partial charge in [0.15, 0.2) is 0 Å². The molecule has 0 aliphatic carbocycles. The topological polar surface area (TPSA) is 83.6 Å². The van der Waals surface area contributed by atoms with Crippen LogP contribution in [0.25, 0.3) is 0 Å². The molecule has 20 heavy (non-hydrogen) atoms. The lowest BCUT2D eigenvalue weighted by Gasteiger charge is -2.22. The zero-order chi connectivity index (χ0) is 15.6. The highest BCUT2D eigenvalue weighted by molar-refractivity contribution is 7.89. The van der Waals surface area contributed by atoms with Crippen molar-refractivity contribution >= 4 is 27.3 Å². The van der Waals surface area contributed by atoms with Crippen LogP contribution in [-0.4, -0.2) is 43.7 Å². The fourth-order valence-corrected chi connectivity index (χ4v) is 3.00. The molecule has 0 aliphatic heterocycles. The Morgan fingerprint density at radius 2 is 1.95 bits per heavy atom. The average Bonchev–Trinajstić information content (AvgIpc) is 2.30. The second-order valence-corrected chi connectivity index (χ2v) is 6.21. The van der Waals surface area contributed by atoms with Crippen LogP contribution in [0.1, 0.15) is 0 Å². The maximum absolute atomic E-state index is 12.4. The van der Waals surface area contributed by atoms with Crippen molar-refractivity contribution in [3.05, 3.63) is 23.2 Å². The summed E-state index contributed by atoms with van der Waals surface area (Å²) in [5, 5.41) is 8.81. The van der Waals surface area contributed by atoms with Crippen molar-refractivity contribution in [2.75, 3.05) is 25.4 Å². The van der Waals surface area contributed by atoms with Gasteiger partial charge in [-0.1, -0.05) is 11.6 Å². The van der Waals surface area contributed by atoms with Crippen molar-refractivity contribution in [3.63, 3.8) is 0 Å². The summed E-state index contributed by atoms with van der Waals surface area (Å²) in [5.74, 6) is 0. The fourth-order valence-electron chi connectivity index (χ4n) is 1.43. The van der Waals surface area contributed by atoms with Gasteiger partial charge >= 0.3 is 6.18 Å². The third-order valence-corrected chi connectivity index (χ3v) is 4.50. The van der Waals surface area contributed by atoms with Gasteiger partial charge in [0.05, 0.1) is 22.2 Å². The summed E-state index contributed by atoms with van der Waals surface area (Å²) in [6.45, 7) is -3.11. The first-order valence-electron chi connectivity index (χ1n) is 5.30. The number of rotatable bonds is 5. The van der Waals surface area contributed by atoms with E-state index < -0.39 is 40.8 Å². The van der Waals surface area contributed by atoms with Gasteiger partial charge in [0.1, 0.15) is 6.54 Å². The van der Waals surface area contributed by atoms with E-state index in [0.29, 0.717) is 0 Å². The molecule has 0 aromatic heterocycles. The molecule has 0 radical (unpaired) electrons. The maximum Gasteiger partial charge on any atom is 0.402 e. The first-order valence-corrected chi connectivity index (χ1v) is 7.12. The quantitative estimate of drug-likeness (QED) is 0.800. The summed E-state index contributed by atoms with van der Waals surface area (Å²) >= 11 is 5.62. The second-order valence-electron chi connectivity index (χ2n) is 3.86. The number of nitrogens with zero attached hydrogens (tertiary/aromatic N) is 1. The molecule has 0 unspecified atom stereocenters. The number of sulfonamides is 1. The van der Waals surface area contributed by atoms with E-state index in [9.17, 15) is 21.6 Å². The molecule has 0 saturated heterocycles. The van der Waals surface area contributed by atoms with Gasteiger partial charge in [0, 0.05) is 6.54 Å². The number of hydrogen-bond donors (Lipinski definition) is 2. The Labute approximate surface area is 118 Å². The lowest BCUT2D eigenvalue weighted by molar-refractivity contribution is -0.136. The molecule has 1 aromatic rings. The Balaban J connectivity index is 3.18. The van der Waals surface area contributed by atoms with Crippen LogP contribution >= 0.6 is 11.6 Å². The molecule has 0 amide bonds. The van der Waals surface area contributed by atoms with Crippen LogP contribution in [0.2, 0.25) is 5.02 Å². The third-order valence-electron chi connectivity index (χ3n) is 2.31. The number of nitrogens with two attached hydrogens (primary N) is 1. The summed E-state index contributed by atoms with van der Waals surface area (Å²) in [6, 6.07) is 3.20. The van der Waals surface area contributed by atoms with Gasteiger partial charge in [-0.05, 0) is 18.2 Å². The molecule has 114 valence electrons. The minimum absolute atomic E-state index is 0.0660. The number of alkyl halides is 3. The zero-order valence-corrected chi connectivity index (χ0v) is 11.6. The SMILES string of the molecule is Nc1cc(S(=O)(=O)N(CCO)CC(F)(F)F)ccc1Cl. The summed E-state index contributed by atoms with van der Waals surface area (Å²) in [4.78, 5) is -0.419. The van der Waals surface area contributed by atoms with E-state index in [1.807, 2.05) is 0 Å². The molecule has 0 heterocycles. The molecule has 5 nitrogen and oxygen atoms in total. The molecule has 1 aromatic carbocycles. The zero-order valence-electron chi connectivity index (χ0n) is 10.1. The smallest absolute Gasteiger partial charge is 0.397 e. The fraction of sp³-hybridized carbons (Fsp3) is 0.400. The average molecular weight is 333 g/mol. The van der Waals surface area contributed by atoms with Crippen molar-refractivity contribution in [1.29, 1.82) is 0 Å². The maximum atomic E-state index is 12.4. The first-order chi connectivity index (χ1) is 9.08. The van der Waals surface area contributed by atoms with E-state index in [1.54, 1.807) is 0 Å². The van der Waals surface area contributed by atoms with Crippen molar-refractivity contribution in [1.82, 2.24) is 4.31 Å². The Morgan fingerprint density at radius 1 is 1.35 bits per heavy atom. The molecule has 0 aliphatic rings. The van der Waals surface area contributed by atoms with E-state index in [0.717, 1.165) is 12.1 Å². The number of nitrogen functional groups attached to an aromatic ring is 1. The molecule has 3 N–H and O–H groups in total. The minimum Gasteiger partial charge on any atom is -0.397 e. The Kier molecular flexibility index (Phi) is 5.25. The van der Waals surface area contributed by atoms with Crippen molar-refractivity contribution in [2.24, 2.45) is 0 Å². The molecule has 0 saturated carbocycles. The van der Waals surface area contributed by atoms with Crippen LogP contribution in [0.15, 0.2) is 23.1 Å². The van der Waals surface area contributed by atoms with Crippen LogP contribution in [0, 0.1) is 0 Å². The van der Waals surface area contributed by atoms with Gasteiger partial charge in [-0.3, -0.25) is 0 Å². The standard InChI is InChI=1S/C10H12ClF3N2O3S/c11-8-2-1-7(5-9(8)15)20(18,19)16(3-4-17)6-10(12,13)14/h1-2,5,17H,3-4,6,15H2. The highest BCUT2D eigenvalue weighted by Crippen LogP contribution is 2.26. The predicted molar refractivity (Wildman–Crippen MR) is 67.8 cm³/mol. The Hall–Kier alpha value is -1.03. The summed E-state index contributed by atoms with van der Waals surface area (Å²) < 4.78 is 61.4. The number of hydrogen-bond acceptors (Lipinski definition) is 4. The van der Waals surface area contributed by atoms with E-state index in [-0.39, 0.29) is 15.0 Å². The molecule has 10 heteroatoms. The van der Waals surface area contributed by atoms with Crippen molar-refractivity contribution < 1.29 is 26.7 Å². The van der Waals surface area contributed by atoms with Crippen LogP contribution in [0.4, 0.5) is 18.9 Å². The monoisotopic (exact) mass is 332 g/mol. The minimum atomic E-state index is -4.72. The normalized spacial score (nSPS) is 12.9. The lowest BCUT2D eigenvalue weighted by Crippen LogP contribution is -2.40. The Bertz CT molecular complexity index is 578. The molecule has 0 fully saturated rings. The van der Waals surface area contributed by atoms with Crippen molar-refractivity contribution in [3.8, 4) is 0 Å². The van der Waals surface area contributed by atoms with Gasteiger partial charge in [0.2, 0.25) is 10.0 Å². The lowest BCUT2D eigenvalue weighted by atomic mass is 10.3. The van der Waals surface area contributed by atoms with Gasteiger partial charge < -0.3 is 10.8 Å². The number of benzene rings is 1. The van der Waals surface area contributed by atoms with Crippen LogP contribution in [0.3, 0.4) is 0 Å². The largest absolute Gasteiger partial charge is 0.402 e. The molecule has 0 spiro atoms. The van der Waals surface area contributed by atoms with Gasteiger partial charge in [0.25, 0.3) is 0 Å². The molecule has 0 bridgehead atoms. The van der Waals surface area contributed by atoms with Crippen molar-refractivity contribution in [2.45, 2.75) is 11.1 Å². The van der Waals surface area contributed by atoms with E-state index in [1.165, 1.54) is 6.07 Å². The molecular weight excluding hydrogens is 321 g/mol. The van der Waals surface area contributed by atoms with E-state index in [4.69, 9.17) is 22.4 Å². The molecular formula is C10H12ClF3N2O3S. The summed E-state index contributed by atoms with van der Waals surface area (Å²) in [6.07, 6.45) is -4.72. The highest BCUT2D eigenvalue weighted by Gasteiger charge is 2.36. The third kappa shape index (κ3) is 4.23. The highest BCUT2D eigenvalue weighted by atomic mass is 35.5. The van der Waals surface area contributed by atoms with Crippen LogP contribution < -0.4 is 5.73 Å². The number of aliphatic hydroxyl groups excluding tert-OH is 1. The van der Waals surface area contributed by atoms with Gasteiger partial charge in [-0.15, -0.1) is 0 Å². The van der Waals surface area contributed by atoms with Gasteiger partial charge in [-0.25, -0.2) is 8.42 Å². The summed E-state index contributed by atoms with van der Waals surface area (Å²) in [5.41, 5.74) is 5.37. The first kappa shape index (κ1) is 17.0. The van der Waals surface area contributed by atoms with E-state index in [2.05, 4.69) is 0 Å². The second kappa shape index (κ2) is 6.17. The number of anilines is 1. The number of halogens is 4. The summed E-state index contributed by atoms with van der Waals surface area (Å²) in [7, 11) is -4.42.